The average Bonchev–Trinajstić information content (AvgIpc) is 2.99. The number of nitrogens with zero attached hydrogens (tertiary/aromatic N) is 2. The van der Waals surface area contributed by atoms with Gasteiger partial charge in [0, 0.05) is 13.1 Å². The van der Waals surface area contributed by atoms with E-state index < -0.39 is 0 Å². The number of nitrogens with one attached hydrogen (secondary N) is 1. The van der Waals surface area contributed by atoms with Crippen LogP contribution in [0, 0.1) is 5.92 Å². The molecule has 128 valence electrons. The molecular formula is C19H26N4O. The molecule has 0 bridgehead atoms. The van der Waals surface area contributed by atoms with Crippen molar-refractivity contribution in [3.05, 3.63) is 52.8 Å². The molecule has 1 aliphatic rings. The summed E-state index contributed by atoms with van der Waals surface area (Å²) >= 11 is 0. The van der Waals surface area contributed by atoms with E-state index in [1.165, 1.54) is 17.5 Å². The maximum absolute atomic E-state index is 11.5. The van der Waals surface area contributed by atoms with Gasteiger partial charge in [0.2, 0.25) is 0 Å². The monoisotopic (exact) mass is 326 g/mol. The molecule has 0 spiro atoms. The maximum Gasteiger partial charge on any atom is 0.252 e. The van der Waals surface area contributed by atoms with Gasteiger partial charge in [-0.2, -0.15) is 5.10 Å². The van der Waals surface area contributed by atoms with Gasteiger partial charge in [0.25, 0.3) is 5.91 Å². The molecular weight excluding hydrogens is 300 g/mol. The number of benzene rings is 1. The topological polar surface area (TPSA) is 72.9 Å². The van der Waals surface area contributed by atoms with E-state index in [1.807, 2.05) is 4.68 Å². The van der Waals surface area contributed by atoms with E-state index in [2.05, 4.69) is 41.6 Å². The highest BCUT2D eigenvalue weighted by Gasteiger charge is 2.23. The minimum absolute atomic E-state index is 0.377. The number of nitrogens with two attached hydrogens (primary N) is 1. The first kappa shape index (κ1) is 16.7. The van der Waals surface area contributed by atoms with E-state index in [-0.39, 0.29) is 5.91 Å². The lowest BCUT2D eigenvalue weighted by molar-refractivity contribution is 0.0998. The van der Waals surface area contributed by atoms with Crippen LogP contribution in [0.4, 0.5) is 0 Å². The highest BCUT2D eigenvalue weighted by Crippen LogP contribution is 2.22. The fourth-order valence-electron chi connectivity index (χ4n) is 3.48. The SMILES string of the molecule is CCCc1cccc(CNC[C@@H]2CCn3ncc(C(N)=O)c3C2)c1. The Kier molecular flexibility index (Phi) is 5.30. The first-order chi connectivity index (χ1) is 11.7. The van der Waals surface area contributed by atoms with Gasteiger partial charge in [0.1, 0.15) is 0 Å². The Bertz CT molecular complexity index is 707. The lowest BCUT2D eigenvalue weighted by Crippen LogP contribution is -2.30. The van der Waals surface area contributed by atoms with Crippen LogP contribution in [-0.4, -0.2) is 22.2 Å². The number of carbonyl (C=O) groups is 1. The molecule has 0 saturated carbocycles. The van der Waals surface area contributed by atoms with Crippen LogP contribution in [0.25, 0.3) is 0 Å². The number of rotatable bonds is 7. The van der Waals surface area contributed by atoms with Gasteiger partial charge in [-0.25, -0.2) is 0 Å². The summed E-state index contributed by atoms with van der Waals surface area (Å²) in [7, 11) is 0. The summed E-state index contributed by atoms with van der Waals surface area (Å²) in [5, 5.41) is 7.83. The van der Waals surface area contributed by atoms with Gasteiger partial charge in [-0.15, -0.1) is 0 Å². The Hall–Kier alpha value is -2.14. The van der Waals surface area contributed by atoms with Crippen LogP contribution in [0.5, 0.6) is 0 Å². The third kappa shape index (κ3) is 3.85. The quantitative estimate of drug-likeness (QED) is 0.820. The number of hydrogen-bond acceptors (Lipinski definition) is 3. The largest absolute Gasteiger partial charge is 0.365 e. The number of carbonyl (C=O) groups excluding carboxylic acids is 1. The van der Waals surface area contributed by atoms with E-state index in [9.17, 15) is 4.79 Å². The summed E-state index contributed by atoms with van der Waals surface area (Å²) in [6.07, 6.45) is 5.86. The third-order valence-corrected chi connectivity index (χ3v) is 4.74. The molecule has 0 saturated heterocycles. The van der Waals surface area contributed by atoms with Gasteiger partial charge in [-0.05, 0) is 42.9 Å². The normalized spacial score (nSPS) is 16.8. The lowest BCUT2D eigenvalue weighted by atomic mass is 9.94. The highest BCUT2D eigenvalue weighted by atomic mass is 16.1. The summed E-state index contributed by atoms with van der Waals surface area (Å²) in [5.74, 6) is 0.142. The predicted molar refractivity (Wildman–Crippen MR) is 94.7 cm³/mol. The van der Waals surface area contributed by atoms with Crippen LogP contribution in [0.1, 0.15) is 46.9 Å². The zero-order valence-electron chi connectivity index (χ0n) is 14.3. The van der Waals surface area contributed by atoms with Crippen molar-refractivity contribution in [2.24, 2.45) is 11.7 Å². The first-order valence-corrected chi connectivity index (χ1v) is 8.80. The highest BCUT2D eigenvalue weighted by molar-refractivity contribution is 5.93. The molecule has 2 heterocycles. The molecule has 0 fully saturated rings. The number of primary amides is 1. The number of hydrogen-bond donors (Lipinski definition) is 2. The van der Waals surface area contributed by atoms with Crippen molar-refractivity contribution < 1.29 is 4.79 Å². The molecule has 3 rings (SSSR count). The summed E-state index contributed by atoms with van der Waals surface area (Å²) < 4.78 is 1.92. The lowest BCUT2D eigenvalue weighted by Gasteiger charge is -2.24. The van der Waals surface area contributed by atoms with E-state index >= 15 is 0 Å². The summed E-state index contributed by atoms with van der Waals surface area (Å²) in [5.41, 5.74) is 9.74. The number of aryl methyl sites for hydroxylation is 2. The van der Waals surface area contributed by atoms with Gasteiger partial charge >= 0.3 is 0 Å². The van der Waals surface area contributed by atoms with Crippen molar-refractivity contribution in [2.45, 2.75) is 45.7 Å². The van der Waals surface area contributed by atoms with Crippen LogP contribution in [0.15, 0.2) is 30.5 Å². The Balaban J connectivity index is 1.53. The molecule has 2 aromatic rings. The van der Waals surface area contributed by atoms with E-state index in [4.69, 9.17) is 5.73 Å². The second-order valence-electron chi connectivity index (χ2n) is 6.65. The summed E-state index contributed by atoms with van der Waals surface area (Å²) in [6, 6.07) is 8.80. The minimum atomic E-state index is -0.377. The molecule has 24 heavy (non-hydrogen) atoms. The predicted octanol–water partition coefficient (Wildman–Crippen LogP) is 2.29. The second kappa shape index (κ2) is 7.62. The van der Waals surface area contributed by atoms with Crippen LogP contribution >= 0.6 is 0 Å². The van der Waals surface area contributed by atoms with E-state index in [0.29, 0.717) is 11.5 Å². The molecule has 0 radical (unpaired) electrons. The van der Waals surface area contributed by atoms with Gasteiger partial charge in [-0.1, -0.05) is 37.6 Å². The molecule has 1 atom stereocenters. The zero-order chi connectivity index (χ0) is 16.9. The van der Waals surface area contributed by atoms with E-state index in [0.717, 1.165) is 44.6 Å². The van der Waals surface area contributed by atoms with Gasteiger partial charge in [0.05, 0.1) is 17.5 Å². The Labute approximate surface area is 143 Å². The van der Waals surface area contributed by atoms with Crippen molar-refractivity contribution in [1.29, 1.82) is 0 Å². The standard InChI is InChI=1S/C19H26N4O/c1-2-4-14-5-3-6-15(9-14)11-21-12-16-7-8-23-18(10-16)17(13-22-23)19(20)24/h3,5-6,9,13,16,21H,2,4,7-8,10-12H2,1H3,(H2,20,24)/t16-/m1/s1. The van der Waals surface area contributed by atoms with Crippen LogP contribution in [-0.2, 0) is 25.9 Å². The molecule has 1 aromatic heterocycles. The van der Waals surface area contributed by atoms with Crippen LogP contribution in [0.3, 0.4) is 0 Å². The molecule has 1 aliphatic heterocycles. The Morgan fingerprint density at radius 3 is 3.04 bits per heavy atom. The third-order valence-electron chi connectivity index (χ3n) is 4.74. The average molecular weight is 326 g/mol. The smallest absolute Gasteiger partial charge is 0.252 e. The Morgan fingerprint density at radius 1 is 1.42 bits per heavy atom. The number of fused-ring (bicyclic) bond motifs is 1. The van der Waals surface area contributed by atoms with Crippen LogP contribution in [0.2, 0.25) is 0 Å². The zero-order valence-corrected chi connectivity index (χ0v) is 14.3. The van der Waals surface area contributed by atoms with Crippen molar-refractivity contribution in [3.8, 4) is 0 Å². The minimum Gasteiger partial charge on any atom is -0.365 e. The second-order valence-corrected chi connectivity index (χ2v) is 6.65. The maximum atomic E-state index is 11.5. The molecule has 5 nitrogen and oxygen atoms in total. The fraction of sp³-hybridized carbons (Fsp3) is 0.474. The summed E-state index contributed by atoms with van der Waals surface area (Å²) in [4.78, 5) is 11.5. The molecule has 0 aliphatic carbocycles. The molecule has 3 N–H and O–H groups in total. The number of aromatic nitrogens is 2. The number of amides is 1. The van der Waals surface area contributed by atoms with Crippen LogP contribution < -0.4 is 11.1 Å². The molecule has 1 amide bonds. The van der Waals surface area contributed by atoms with Gasteiger partial charge in [0.15, 0.2) is 0 Å². The van der Waals surface area contributed by atoms with Crippen molar-refractivity contribution in [3.63, 3.8) is 0 Å². The van der Waals surface area contributed by atoms with Gasteiger partial charge in [-0.3, -0.25) is 9.48 Å². The molecule has 5 heteroatoms. The van der Waals surface area contributed by atoms with Crippen molar-refractivity contribution >= 4 is 5.91 Å². The first-order valence-electron chi connectivity index (χ1n) is 8.80. The molecule has 1 aromatic carbocycles. The molecule has 0 unspecified atom stereocenters. The summed E-state index contributed by atoms with van der Waals surface area (Å²) in [6.45, 7) is 4.90. The Morgan fingerprint density at radius 2 is 2.25 bits per heavy atom. The fourth-order valence-corrected chi connectivity index (χ4v) is 3.48. The van der Waals surface area contributed by atoms with Crippen molar-refractivity contribution in [2.75, 3.05) is 6.54 Å². The van der Waals surface area contributed by atoms with Crippen molar-refractivity contribution in [1.82, 2.24) is 15.1 Å². The van der Waals surface area contributed by atoms with E-state index in [1.54, 1.807) is 6.20 Å². The van der Waals surface area contributed by atoms with Gasteiger partial charge < -0.3 is 11.1 Å².